The van der Waals surface area contributed by atoms with Gasteiger partial charge >= 0.3 is 0 Å². The van der Waals surface area contributed by atoms with Crippen LogP contribution < -0.4 is 24.3 Å². The van der Waals surface area contributed by atoms with Gasteiger partial charge in [-0.2, -0.15) is 0 Å². The largest absolute Gasteiger partial charge is 0.497 e. The molecule has 0 aliphatic rings. The third-order valence-corrected chi connectivity index (χ3v) is 4.78. The molecular weight excluding hydrogens is 370 g/mol. The molecule has 0 fully saturated rings. The van der Waals surface area contributed by atoms with Crippen LogP contribution in [-0.2, 0) is 13.6 Å². The molecule has 0 aliphatic carbocycles. The number of imidazole rings is 1. The van der Waals surface area contributed by atoms with E-state index in [0.717, 1.165) is 28.5 Å². The predicted molar refractivity (Wildman–Crippen MR) is 111 cm³/mol. The molecule has 29 heavy (non-hydrogen) atoms. The Morgan fingerprint density at radius 3 is 2.14 bits per heavy atom. The molecule has 3 rings (SSSR count). The third-order valence-electron chi connectivity index (χ3n) is 4.78. The summed E-state index contributed by atoms with van der Waals surface area (Å²) >= 11 is 0. The first-order chi connectivity index (χ1) is 14.1. The van der Waals surface area contributed by atoms with Gasteiger partial charge in [-0.1, -0.05) is 6.07 Å². The minimum atomic E-state index is -0.160. The second kappa shape index (κ2) is 9.34. The van der Waals surface area contributed by atoms with E-state index in [0.29, 0.717) is 18.0 Å². The van der Waals surface area contributed by atoms with Crippen molar-refractivity contribution in [2.45, 2.75) is 12.6 Å². The van der Waals surface area contributed by atoms with E-state index in [1.54, 1.807) is 34.6 Å². The van der Waals surface area contributed by atoms with Crippen molar-refractivity contribution in [1.29, 1.82) is 0 Å². The fraction of sp³-hybridized carbons (Fsp3) is 0.318. The SMILES string of the molecule is COc1cc(OC)cc(C(NCc2ccc(OC)c(OC)c2)c2nccn2C)c1. The zero-order chi connectivity index (χ0) is 20.8. The highest BCUT2D eigenvalue weighted by Crippen LogP contribution is 2.31. The average molecular weight is 397 g/mol. The fourth-order valence-electron chi connectivity index (χ4n) is 3.22. The summed E-state index contributed by atoms with van der Waals surface area (Å²) in [6, 6.07) is 11.6. The maximum Gasteiger partial charge on any atom is 0.161 e. The van der Waals surface area contributed by atoms with Crippen molar-refractivity contribution in [3.63, 3.8) is 0 Å². The maximum atomic E-state index is 5.45. The quantitative estimate of drug-likeness (QED) is 0.597. The molecule has 0 amide bonds. The average Bonchev–Trinajstić information content (AvgIpc) is 3.18. The topological polar surface area (TPSA) is 66.8 Å². The molecule has 0 saturated carbocycles. The van der Waals surface area contributed by atoms with Crippen LogP contribution in [0.3, 0.4) is 0 Å². The number of hydrogen-bond acceptors (Lipinski definition) is 6. The summed E-state index contributed by atoms with van der Waals surface area (Å²) in [6.07, 6.45) is 3.72. The first kappa shape index (κ1) is 20.5. The minimum Gasteiger partial charge on any atom is -0.497 e. The lowest BCUT2D eigenvalue weighted by Crippen LogP contribution is -2.25. The molecule has 7 heteroatoms. The van der Waals surface area contributed by atoms with Crippen molar-refractivity contribution in [2.75, 3.05) is 28.4 Å². The molecule has 1 aromatic heterocycles. The van der Waals surface area contributed by atoms with Crippen LogP contribution in [0, 0.1) is 0 Å². The van der Waals surface area contributed by atoms with Crippen LogP contribution in [0.4, 0.5) is 0 Å². The molecule has 0 saturated heterocycles. The van der Waals surface area contributed by atoms with Crippen LogP contribution in [0.1, 0.15) is 23.0 Å². The lowest BCUT2D eigenvalue weighted by Gasteiger charge is -2.21. The van der Waals surface area contributed by atoms with Crippen LogP contribution in [0.5, 0.6) is 23.0 Å². The van der Waals surface area contributed by atoms with E-state index >= 15 is 0 Å². The number of rotatable bonds is 9. The second-order valence-electron chi connectivity index (χ2n) is 6.55. The molecule has 1 N–H and O–H groups in total. The number of methoxy groups -OCH3 is 4. The third kappa shape index (κ3) is 4.63. The number of nitrogens with one attached hydrogen (secondary N) is 1. The summed E-state index contributed by atoms with van der Waals surface area (Å²) in [5, 5.41) is 3.60. The number of nitrogens with zero attached hydrogens (tertiary/aromatic N) is 2. The van der Waals surface area contributed by atoms with Crippen LogP contribution in [0.2, 0.25) is 0 Å². The van der Waals surface area contributed by atoms with E-state index in [2.05, 4.69) is 10.3 Å². The Balaban J connectivity index is 1.93. The van der Waals surface area contributed by atoms with Gasteiger partial charge in [0.15, 0.2) is 11.5 Å². The van der Waals surface area contributed by atoms with E-state index in [1.165, 1.54) is 0 Å². The highest BCUT2D eigenvalue weighted by molar-refractivity contribution is 5.44. The zero-order valence-electron chi connectivity index (χ0n) is 17.4. The molecule has 0 radical (unpaired) electrons. The minimum absolute atomic E-state index is 0.160. The molecule has 1 heterocycles. The summed E-state index contributed by atoms with van der Waals surface area (Å²) in [7, 11) is 8.53. The Morgan fingerprint density at radius 2 is 1.59 bits per heavy atom. The molecule has 2 aromatic carbocycles. The van der Waals surface area contributed by atoms with Crippen molar-refractivity contribution in [2.24, 2.45) is 7.05 Å². The maximum absolute atomic E-state index is 5.45. The first-order valence-electron chi connectivity index (χ1n) is 9.24. The number of aryl methyl sites for hydroxylation is 1. The van der Waals surface area contributed by atoms with Crippen molar-refractivity contribution >= 4 is 0 Å². The predicted octanol–water partition coefficient (Wildman–Crippen LogP) is 3.33. The van der Waals surface area contributed by atoms with Crippen molar-refractivity contribution in [3.8, 4) is 23.0 Å². The molecule has 0 spiro atoms. The standard InChI is InChI=1S/C22H27N3O4/c1-25-9-8-23-22(25)21(16-11-17(26-2)13-18(12-16)27-3)24-14-15-6-7-19(28-4)20(10-15)29-5/h6-13,21,24H,14H2,1-5H3. The van der Waals surface area contributed by atoms with Gasteiger partial charge in [0, 0.05) is 32.1 Å². The van der Waals surface area contributed by atoms with Gasteiger partial charge in [0.2, 0.25) is 0 Å². The van der Waals surface area contributed by atoms with Crippen molar-refractivity contribution in [1.82, 2.24) is 14.9 Å². The Hall–Kier alpha value is -3.19. The number of hydrogen-bond donors (Lipinski definition) is 1. The molecule has 7 nitrogen and oxygen atoms in total. The van der Waals surface area contributed by atoms with Crippen molar-refractivity contribution < 1.29 is 18.9 Å². The Kier molecular flexibility index (Phi) is 6.61. The van der Waals surface area contributed by atoms with Crippen molar-refractivity contribution in [3.05, 3.63) is 65.7 Å². The van der Waals surface area contributed by atoms with Gasteiger partial charge < -0.3 is 23.5 Å². The Bertz CT molecular complexity index is 933. The molecule has 1 unspecified atom stereocenters. The number of ether oxygens (including phenoxy) is 4. The normalized spacial score (nSPS) is 11.8. The van der Waals surface area contributed by atoms with Gasteiger partial charge in [-0.15, -0.1) is 0 Å². The molecule has 154 valence electrons. The summed E-state index contributed by atoms with van der Waals surface area (Å²) < 4.78 is 23.6. The van der Waals surface area contributed by atoms with Gasteiger partial charge in [0.1, 0.15) is 17.3 Å². The lowest BCUT2D eigenvalue weighted by atomic mass is 10.0. The van der Waals surface area contributed by atoms with E-state index in [4.69, 9.17) is 18.9 Å². The Morgan fingerprint density at radius 1 is 0.897 bits per heavy atom. The molecule has 1 atom stereocenters. The monoisotopic (exact) mass is 397 g/mol. The van der Waals surface area contributed by atoms with Gasteiger partial charge in [-0.05, 0) is 35.4 Å². The van der Waals surface area contributed by atoms with Gasteiger partial charge in [0.25, 0.3) is 0 Å². The summed E-state index contributed by atoms with van der Waals surface area (Å²) in [6.45, 7) is 0.609. The van der Waals surface area contributed by atoms with Crippen LogP contribution >= 0.6 is 0 Å². The van der Waals surface area contributed by atoms with E-state index in [1.807, 2.05) is 54.2 Å². The first-order valence-corrected chi connectivity index (χ1v) is 9.24. The number of benzene rings is 2. The summed E-state index contributed by atoms with van der Waals surface area (Å²) in [5.74, 6) is 3.75. The van der Waals surface area contributed by atoms with Gasteiger partial charge in [-0.25, -0.2) is 4.98 Å². The van der Waals surface area contributed by atoms with E-state index < -0.39 is 0 Å². The fourth-order valence-corrected chi connectivity index (χ4v) is 3.22. The van der Waals surface area contributed by atoms with E-state index in [9.17, 15) is 0 Å². The zero-order valence-corrected chi connectivity index (χ0v) is 17.4. The molecule has 3 aromatic rings. The number of aromatic nitrogens is 2. The second-order valence-corrected chi connectivity index (χ2v) is 6.55. The smallest absolute Gasteiger partial charge is 0.161 e. The highest BCUT2D eigenvalue weighted by atomic mass is 16.5. The van der Waals surface area contributed by atoms with Crippen LogP contribution in [-0.4, -0.2) is 38.0 Å². The summed E-state index contributed by atoms with van der Waals surface area (Å²) in [5.41, 5.74) is 2.06. The lowest BCUT2D eigenvalue weighted by molar-refractivity contribution is 0.354. The van der Waals surface area contributed by atoms with Gasteiger partial charge in [0.05, 0.1) is 34.5 Å². The molecule has 0 aliphatic heterocycles. The van der Waals surface area contributed by atoms with E-state index in [-0.39, 0.29) is 6.04 Å². The Labute approximate surface area is 171 Å². The van der Waals surface area contributed by atoms with Crippen LogP contribution in [0.15, 0.2) is 48.8 Å². The van der Waals surface area contributed by atoms with Crippen LogP contribution in [0.25, 0.3) is 0 Å². The molecular formula is C22H27N3O4. The van der Waals surface area contributed by atoms with Gasteiger partial charge in [-0.3, -0.25) is 5.32 Å². The summed E-state index contributed by atoms with van der Waals surface area (Å²) in [4.78, 5) is 4.55. The highest BCUT2D eigenvalue weighted by Gasteiger charge is 2.20. The molecule has 0 bridgehead atoms.